The number of carbonyl (C=O) groups excluding carboxylic acids is 1. The zero-order chi connectivity index (χ0) is 21.6. The maximum absolute atomic E-state index is 13.5. The minimum Gasteiger partial charge on any atom is -0.493 e. The van der Waals surface area contributed by atoms with E-state index in [9.17, 15) is 14.9 Å². The molecule has 0 amide bonds. The Balaban J connectivity index is 2.49. The maximum atomic E-state index is 13.5. The third kappa shape index (κ3) is 5.04. The van der Waals surface area contributed by atoms with Crippen LogP contribution in [-0.2, 0) is 0 Å². The zero-order valence-corrected chi connectivity index (χ0v) is 17.5. The average molecular weight is 401 g/mol. The lowest BCUT2D eigenvalue weighted by atomic mass is 9.91. The molecule has 0 fully saturated rings. The van der Waals surface area contributed by atoms with Crippen molar-refractivity contribution < 1.29 is 23.9 Å². The number of benzene rings is 2. The van der Waals surface area contributed by atoms with Crippen molar-refractivity contribution in [2.75, 3.05) is 27.4 Å². The predicted octanol–water partition coefficient (Wildman–Crippen LogP) is 4.30. The quantitative estimate of drug-likeness (QED) is 0.255. The van der Waals surface area contributed by atoms with Gasteiger partial charge in [-0.15, -0.1) is 0 Å². The van der Waals surface area contributed by atoms with Crippen molar-refractivity contribution in [3.05, 3.63) is 62.2 Å². The fourth-order valence-electron chi connectivity index (χ4n) is 3.32. The Morgan fingerprint density at radius 1 is 0.966 bits per heavy atom. The maximum Gasteiger partial charge on any atom is 0.204 e. The summed E-state index contributed by atoms with van der Waals surface area (Å²) in [7, 11) is 3.01. The number of nitrogens with zero attached hydrogens (tertiary/aromatic N) is 1. The molecule has 2 aromatic carbocycles. The molecule has 0 unspecified atom stereocenters. The molecule has 0 atom stereocenters. The summed E-state index contributed by atoms with van der Waals surface area (Å²) in [5.41, 5.74) is 3.49. The normalized spacial score (nSPS) is 10.5. The van der Waals surface area contributed by atoms with Gasteiger partial charge in [0.25, 0.3) is 0 Å². The SMILES string of the molecule is COc1cc(C)c(C(=O)c2c(C)cccc2C)c(OCCCC[N+](=O)[O-])c1OC. The van der Waals surface area contributed by atoms with Crippen LogP contribution in [0.5, 0.6) is 17.2 Å². The first-order chi connectivity index (χ1) is 13.8. The highest BCUT2D eigenvalue weighted by Crippen LogP contribution is 2.43. The van der Waals surface area contributed by atoms with Crippen LogP contribution in [-0.4, -0.2) is 38.1 Å². The summed E-state index contributed by atoms with van der Waals surface area (Å²) in [4.78, 5) is 23.7. The molecular formula is C22H27NO6. The van der Waals surface area contributed by atoms with Crippen molar-refractivity contribution in [3.8, 4) is 17.2 Å². The molecule has 0 heterocycles. The smallest absolute Gasteiger partial charge is 0.204 e. The van der Waals surface area contributed by atoms with E-state index in [4.69, 9.17) is 14.2 Å². The molecule has 2 aromatic rings. The number of carbonyl (C=O) groups is 1. The second-order valence-corrected chi connectivity index (χ2v) is 6.84. The van der Waals surface area contributed by atoms with Crippen LogP contribution in [0.25, 0.3) is 0 Å². The largest absolute Gasteiger partial charge is 0.493 e. The van der Waals surface area contributed by atoms with E-state index >= 15 is 0 Å². The number of unbranched alkanes of at least 4 members (excludes halogenated alkanes) is 1. The third-order valence-corrected chi connectivity index (χ3v) is 4.74. The predicted molar refractivity (Wildman–Crippen MR) is 110 cm³/mol. The van der Waals surface area contributed by atoms with E-state index < -0.39 is 0 Å². The minimum atomic E-state index is -0.355. The molecule has 0 aromatic heterocycles. The van der Waals surface area contributed by atoms with Gasteiger partial charge in [-0.1, -0.05) is 18.2 Å². The van der Waals surface area contributed by atoms with Gasteiger partial charge in [-0.05, 0) is 49.9 Å². The monoisotopic (exact) mass is 401 g/mol. The standard InChI is InChI=1S/C22H27NO6/c1-14-9-8-10-15(2)18(14)20(24)19-16(3)13-17(27-4)21(28-5)22(19)29-12-7-6-11-23(25)26/h8-10,13H,6-7,11-12H2,1-5H3. The minimum absolute atomic E-state index is 0.119. The fourth-order valence-corrected chi connectivity index (χ4v) is 3.32. The van der Waals surface area contributed by atoms with Gasteiger partial charge in [-0.25, -0.2) is 0 Å². The number of methoxy groups -OCH3 is 2. The fraction of sp³-hybridized carbons (Fsp3) is 0.409. The summed E-state index contributed by atoms with van der Waals surface area (Å²) in [6.45, 7) is 5.72. The molecule has 29 heavy (non-hydrogen) atoms. The average Bonchev–Trinajstić information content (AvgIpc) is 2.66. The Morgan fingerprint density at radius 3 is 2.17 bits per heavy atom. The first kappa shape index (κ1) is 22.2. The summed E-state index contributed by atoms with van der Waals surface area (Å²) in [6, 6.07) is 7.46. The van der Waals surface area contributed by atoms with Crippen molar-refractivity contribution in [1.82, 2.24) is 0 Å². The topological polar surface area (TPSA) is 87.9 Å². The number of rotatable bonds is 10. The van der Waals surface area contributed by atoms with E-state index in [0.29, 0.717) is 46.8 Å². The zero-order valence-electron chi connectivity index (χ0n) is 17.5. The van der Waals surface area contributed by atoms with E-state index in [-0.39, 0.29) is 23.9 Å². The summed E-state index contributed by atoms with van der Waals surface area (Å²) in [5, 5.41) is 10.5. The Kier molecular flexibility index (Phi) is 7.59. The molecule has 2 rings (SSSR count). The molecule has 0 N–H and O–H groups in total. The number of hydrogen-bond acceptors (Lipinski definition) is 6. The van der Waals surface area contributed by atoms with Crippen LogP contribution in [0.15, 0.2) is 24.3 Å². The molecule has 0 aliphatic rings. The number of hydrogen-bond donors (Lipinski definition) is 0. The van der Waals surface area contributed by atoms with Gasteiger partial charge in [0.2, 0.25) is 12.3 Å². The van der Waals surface area contributed by atoms with Crippen LogP contribution in [0.2, 0.25) is 0 Å². The first-order valence-corrected chi connectivity index (χ1v) is 9.42. The number of ether oxygens (including phenoxy) is 3. The third-order valence-electron chi connectivity index (χ3n) is 4.74. The molecule has 0 saturated carbocycles. The Bertz CT molecular complexity index is 886. The van der Waals surface area contributed by atoms with Crippen LogP contribution in [0.4, 0.5) is 0 Å². The highest BCUT2D eigenvalue weighted by molar-refractivity contribution is 6.14. The Morgan fingerprint density at radius 2 is 1.62 bits per heavy atom. The molecule has 0 spiro atoms. The molecule has 0 saturated heterocycles. The lowest BCUT2D eigenvalue weighted by Gasteiger charge is -2.20. The summed E-state index contributed by atoms with van der Waals surface area (Å²) >= 11 is 0. The number of aryl methyl sites for hydroxylation is 3. The molecule has 7 nitrogen and oxygen atoms in total. The Labute approximate surface area is 170 Å². The van der Waals surface area contributed by atoms with E-state index in [1.165, 1.54) is 14.2 Å². The molecule has 0 aliphatic carbocycles. The highest BCUT2D eigenvalue weighted by Gasteiger charge is 2.26. The summed E-state index contributed by atoms with van der Waals surface area (Å²) < 4.78 is 16.8. The molecule has 156 valence electrons. The molecular weight excluding hydrogens is 374 g/mol. The Hall–Kier alpha value is -3.09. The number of ketones is 1. The van der Waals surface area contributed by atoms with Crippen molar-refractivity contribution in [2.24, 2.45) is 0 Å². The van der Waals surface area contributed by atoms with Gasteiger partial charge < -0.3 is 14.2 Å². The van der Waals surface area contributed by atoms with E-state index in [0.717, 1.165) is 11.1 Å². The molecule has 0 bridgehead atoms. The van der Waals surface area contributed by atoms with Gasteiger partial charge in [-0.2, -0.15) is 0 Å². The summed E-state index contributed by atoms with van der Waals surface area (Å²) in [6.07, 6.45) is 0.871. The molecule has 0 radical (unpaired) electrons. The van der Waals surface area contributed by atoms with Crippen LogP contribution in [0.1, 0.15) is 45.5 Å². The number of nitro groups is 1. The van der Waals surface area contributed by atoms with Crippen molar-refractivity contribution >= 4 is 5.78 Å². The highest BCUT2D eigenvalue weighted by atomic mass is 16.6. The van der Waals surface area contributed by atoms with E-state index in [1.54, 1.807) is 6.07 Å². The van der Waals surface area contributed by atoms with Crippen LogP contribution < -0.4 is 14.2 Å². The van der Waals surface area contributed by atoms with E-state index in [2.05, 4.69) is 0 Å². The van der Waals surface area contributed by atoms with Crippen molar-refractivity contribution in [2.45, 2.75) is 33.6 Å². The van der Waals surface area contributed by atoms with Gasteiger partial charge in [0.15, 0.2) is 17.3 Å². The molecule has 0 aliphatic heterocycles. The van der Waals surface area contributed by atoms with Gasteiger partial charge in [0.05, 0.1) is 26.4 Å². The van der Waals surface area contributed by atoms with Gasteiger partial charge >= 0.3 is 0 Å². The van der Waals surface area contributed by atoms with Crippen LogP contribution in [0.3, 0.4) is 0 Å². The summed E-state index contributed by atoms with van der Waals surface area (Å²) in [5.74, 6) is 0.947. The van der Waals surface area contributed by atoms with Crippen molar-refractivity contribution in [3.63, 3.8) is 0 Å². The van der Waals surface area contributed by atoms with Crippen LogP contribution >= 0.6 is 0 Å². The van der Waals surface area contributed by atoms with Crippen LogP contribution in [0, 0.1) is 30.9 Å². The van der Waals surface area contributed by atoms with E-state index in [1.807, 2.05) is 39.0 Å². The van der Waals surface area contributed by atoms with Crippen molar-refractivity contribution in [1.29, 1.82) is 0 Å². The van der Waals surface area contributed by atoms with Gasteiger partial charge in [0.1, 0.15) is 0 Å². The van der Waals surface area contributed by atoms with Gasteiger partial charge in [-0.3, -0.25) is 14.9 Å². The lowest BCUT2D eigenvalue weighted by molar-refractivity contribution is -0.480. The second kappa shape index (κ2) is 9.91. The van der Waals surface area contributed by atoms with Gasteiger partial charge in [0, 0.05) is 16.9 Å². The molecule has 7 heteroatoms. The first-order valence-electron chi connectivity index (χ1n) is 9.42. The lowest BCUT2D eigenvalue weighted by Crippen LogP contribution is -2.13. The second-order valence-electron chi connectivity index (χ2n) is 6.84.